The Bertz CT molecular complexity index is 546. The zero-order chi connectivity index (χ0) is 16.3. The van der Waals surface area contributed by atoms with Crippen molar-refractivity contribution in [1.29, 1.82) is 0 Å². The smallest absolute Gasteiger partial charge is 0.410 e. The van der Waals surface area contributed by atoms with Crippen LogP contribution in [0, 0.1) is 0 Å². The van der Waals surface area contributed by atoms with Crippen LogP contribution in [0.3, 0.4) is 0 Å². The van der Waals surface area contributed by atoms with E-state index in [4.69, 9.17) is 16.3 Å². The van der Waals surface area contributed by atoms with Crippen LogP contribution in [0.25, 0.3) is 0 Å². The minimum Gasteiger partial charge on any atom is -0.444 e. The SMILES string of the molecule is CC(C)(C)OC(=O)N1CCN(c2ccc(C(=O)Cl)nc2)CC1. The lowest BCUT2D eigenvalue weighted by atomic mass is 10.2. The van der Waals surface area contributed by atoms with E-state index in [2.05, 4.69) is 9.88 Å². The molecule has 1 saturated heterocycles. The first-order valence-corrected chi connectivity index (χ1v) is 7.53. The number of rotatable bonds is 2. The largest absolute Gasteiger partial charge is 0.444 e. The van der Waals surface area contributed by atoms with E-state index in [1.54, 1.807) is 17.2 Å². The van der Waals surface area contributed by atoms with Crippen LogP contribution in [-0.4, -0.2) is 53.0 Å². The van der Waals surface area contributed by atoms with Gasteiger partial charge in [-0.05, 0) is 44.5 Å². The van der Waals surface area contributed by atoms with E-state index in [9.17, 15) is 9.59 Å². The van der Waals surface area contributed by atoms with Crippen LogP contribution in [-0.2, 0) is 4.74 Å². The summed E-state index contributed by atoms with van der Waals surface area (Å²) < 4.78 is 5.36. The quantitative estimate of drug-likeness (QED) is 0.782. The molecule has 1 amide bonds. The Hall–Kier alpha value is -1.82. The molecular formula is C15H20ClN3O3. The van der Waals surface area contributed by atoms with Gasteiger partial charge < -0.3 is 14.5 Å². The zero-order valence-electron chi connectivity index (χ0n) is 13.0. The number of carbonyl (C=O) groups is 2. The zero-order valence-corrected chi connectivity index (χ0v) is 13.8. The molecule has 2 rings (SSSR count). The van der Waals surface area contributed by atoms with Crippen LogP contribution in [0.1, 0.15) is 31.3 Å². The van der Waals surface area contributed by atoms with Gasteiger partial charge in [0.2, 0.25) is 0 Å². The summed E-state index contributed by atoms with van der Waals surface area (Å²) >= 11 is 5.37. The van der Waals surface area contributed by atoms with E-state index in [1.807, 2.05) is 26.8 Å². The van der Waals surface area contributed by atoms with Gasteiger partial charge in [0.25, 0.3) is 5.24 Å². The summed E-state index contributed by atoms with van der Waals surface area (Å²) in [6.07, 6.45) is 1.34. The molecule has 0 bridgehead atoms. The van der Waals surface area contributed by atoms with Crippen LogP contribution in [0.15, 0.2) is 18.3 Å². The summed E-state index contributed by atoms with van der Waals surface area (Å²) in [6.45, 7) is 8.12. The molecule has 1 aromatic rings. The Morgan fingerprint density at radius 3 is 2.27 bits per heavy atom. The highest BCUT2D eigenvalue weighted by atomic mass is 35.5. The molecule has 22 heavy (non-hydrogen) atoms. The van der Waals surface area contributed by atoms with Crippen LogP contribution >= 0.6 is 11.6 Å². The maximum atomic E-state index is 12.0. The topological polar surface area (TPSA) is 62.7 Å². The molecule has 120 valence electrons. The van der Waals surface area contributed by atoms with E-state index < -0.39 is 10.8 Å². The molecule has 0 spiro atoms. The fourth-order valence-electron chi connectivity index (χ4n) is 2.16. The number of halogens is 1. The number of anilines is 1. The van der Waals surface area contributed by atoms with Crippen molar-refractivity contribution in [3.63, 3.8) is 0 Å². The minimum absolute atomic E-state index is 0.234. The van der Waals surface area contributed by atoms with Crippen LogP contribution < -0.4 is 4.90 Å². The third-order valence-electron chi connectivity index (χ3n) is 3.25. The van der Waals surface area contributed by atoms with Gasteiger partial charge >= 0.3 is 6.09 Å². The van der Waals surface area contributed by atoms with Crippen molar-refractivity contribution >= 4 is 28.6 Å². The molecular weight excluding hydrogens is 306 g/mol. The third kappa shape index (κ3) is 4.34. The number of nitrogens with zero attached hydrogens (tertiary/aromatic N) is 3. The predicted octanol–water partition coefficient (Wildman–Crippen LogP) is 2.52. The van der Waals surface area contributed by atoms with Crippen LogP contribution in [0.2, 0.25) is 0 Å². The molecule has 0 saturated carbocycles. The Morgan fingerprint density at radius 1 is 1.18 bits per heavy atom. The standard InChI is InChI=1S/C15H20ClN3O3/c1-15(2,3)22-14(21)19-8-6-18(7-9-19)11-4-5-12(13(16)20)17-10-11/h4-5,10H,6-9H2,1-3H3. The van der Waals surface area contributed by atoms with Crippen molar-refractivity contribution in [3.8, 4) is 0 Å². The second-order valence-electron chi connectivity index (χ2n) is 6.13. The van der Waals surface area contributed by atoms with Crippen molar-refractivity contribution < 1.29 is 14.3 Å². The Morgan fingerprint density at radius 2 is 1.82 bits per heavy atom. The number of amides is 1. The van der Waals surface area contributed by atoms with Crippen LogP contribution in [0.5, 0.6) is 0 Å². The molecule has 0 aromatic carbocycles. The highest BCUT2D eigenvalue weighted by molar-refractivity contribution is 6.67. The van der Waals surface area contributed by atoms with E-state index in [-0.39, 0.29) is 11.8 Å². The molecule has 0 N–H and O–H groups in total. The van der Waals surface area contributed by atoms with Crippen molar-refractivity contribution in [2.75, 3.05) is 31.1 Å². The molecule has 2 heterocycles. The normalized spacial score (nSPS) is 15.6. The first-order chi connectivity index (χ1) is 10.3. The molecule has 0 aliphatic carbocycles. The average Bonchev–Trinajstić information content (AvgIpc) is 2.46. The first-order valence-electron chi connectivity index (χ1n) is 7.15. The highest BCUT2D eigenvalue weighted by Gasteiger charge is 2.26. The van der Waals surface area contributed by atoms with Crippen molar-refractivity contribution in [2.45, 2.75) is 26.4 Å². The van der Waals surface area contributed by atoms with Gasteiger partial charge in [-0.1, -0.05) is 0 Å². The van der Waals surface area contributed by atoms with E-state index in [0.717, 1.165) is 5.69 Å². The van der Waals surface area contributed by atoms with Crippen molar-refractivity contribution in [2.24, 2.45) is 0 Å². The molecule has 6 nitrogen and oxygen atoms in total. The van der Waals surface area contributed by atoms with Gasteiger partial charge in [0, 0.05) is 26.2 Å². The summed E-state index contributed by atoms with van der Waals surface area (Å²) in [4.78, 5) is 30.8. The summed E-state index contributed by atoms with van der Waals surface area (Å²) in [5.74, 6) is 0. The number of ether oxygens (including phenoxy) is 1. The second-order valence-corrected chi connectivity index (χ2v) is 6.47. The van der Waals surface area contributed by atoms with Gasteiger partial charge in [-0.3, -0.25) is 4.79 Å². The summed E-state index contributed by atoms with van der Waals surface area (Å²) in [5.41, 5.74) is 0.658. The molecule has 0 radical (unpaired) electrons. The Balaban J connectivity index is 1.91. The fourth-order valence-corrected chi connectivity index (χ4v) is 2.27. The molecule has 1 fully saturated rings. The molecule has 1 aliphatic rings. The lowest BCUT2D eigenvalue weighted by Gasteiger charge is -2.36. The highest BCUT2D eigenvalue weighted by Crippen LogP contribution is 2.17. The van der Waals surface area contributed by atoms with E-state index in [0.29, 0.717) is 26.2 Å². The van der Waals surface area contributed by atoms with E-state index >= 15 is 0 Å². The predicted molar refractivity (Wildman–Crippen MR) is 84.4 cm³/mol. The summed E-state index contributed by atoms with van der Waals surface area (Å²) in [7, 11) is 0. The summed E-state index contributed by atoms with van der Waals surface area (Å²) in [5, 5.41) is -0.568. The van der Waals surface area contributed by atoms with Crippen molar-refractivity contribution in [3.05, 3.63) is 24.0 Å². The van der Waals surface area contributed by atoms with Crippen molar-refractivity contribution in [1.82, 2.24) is 9.88 Å². The second kappa shape index (κ2) is 6.52. The Labute approximate surface area is 135 Å². The van der Waals surface area contributed by atoms with E-state index in [1.165, 1.54) is 0 Å². The molecule has 0 atom stereocenters. The third-order valence-corrected chi connectivity index (χ3v) is 3.44. The van der Waals surface area contributed by atoms with Gasteiger partial charge in [-0.25, -0.2) is 9.78 Å². The van der Waals surface area contributed by atoms with Gasteiger partial charge in [0.1, 0.15) is 11.3 Å². The summed E-state index contributed by atoms with van der Waals surface area (Å²) in [6, 6.07) is 3.41. The first kappa shape index (κ1) is 16.5. The Kier molecular flexibility index (Phi) is 4.90. The lowest BCUT2D eigenvalue weighted by Crippen LogP contribution is -2.50. The van der Waals surface area contributed by atoms with Gasteiger partial charge in [-0.15, -0.1) is 0 Å². The maximum absolute atomic E-state index is 12.0. The minimum atomic E-state index is -0.568. The molecule has 7 heteroatoms. The maximum Gasteiger partial charge on any atom is 0.410 e. The van der Waals surface area contributed by atoms with Crippen LogP contribution in [0.4, 0.5) is 10.5 Å². The molecule has 0 unspecified atom stereocenters. The fraction of sp³-hybridized carbons (Fsp3) is 0.533. The lowest BCUT2D eigenvalue weighted by molar-refractivity contribution is 0.0240. The number of pyridine rings is 1. The number of piperazine rings is 1. The van der Waals surface area contributed by atoms with Gasteiger partial charge in [-0.2, -0.15) is 0 Å². The number of hydrogen-bond donors (Lipinski definition) is 0. The number of hydrogen-bond acceptors (Lipinski definition) is 5. The molecule has 1 aromatic heterocycles. The average molecular weight is 326 g/mol. The van der Waals surface area contributed by atoms with Gasteiger partial charge in [0.05, 0.1) is 11.9 Å². The monoisotopic (exact) mass is 325 g/mol. The molecule has 1 aliphatic heterocycles. The van der Waals surface area contributed by atoms with Gasteiger partial charge in [0.15, 0.2) is 0 Å². The number of aromatic nitrogens is 1. The number of carbonyl (C=O) groups excluding carboxylic acids is 2.